The molecule has 3 aliphatic heterocycles. The Labute approximate surface area is 152 Å². The number of fused-ring (bicyclic) bond motifs is 3. The Morgan fingerprint density at radius 3 is 2.25 bits per heavy atom. The van der Waals surface area contributed by atoms with E-state index in [-0.39, 0.29) is 17.9 Å². The minimum absolute atomic E-state index is 0.00318. The summed E-state index contributed by atoms with van der Waals surface area (Å²) in [5, 5.41) is 1.09. The van der Waals surface area contributed by atoms with Crippen LogP contribution < -0.4 is 0 Å². The van der Waals surface area contributed by atoms with Gasteiger partial charge in [0.05, 0.1) is 16.1 Å². The molecule has 24 heavy (non-hydrogen) atoms. The van der Waals surface area contributed by atoms with E-state index in [0.717, 1.165) is 37.1 Å². The second kappa shape index (κ2) is 6.51. The number of benzene rings is 2. The molecule has 0 amide bonds. The lowest BCUT2D eigenvalue weighted by Crippen LogP contribution is -2.57. The highest BCUT2D eigenvalue weighted by Crippen LogP contribution is 2.40. The summed E-state index contributed by atoms with van der Waals surface area (Å²) in [6.45, 7) is 2.01. The molecule has 4 heteroatoms. The largest absolute Gasteiger partial charge is 0.298 e. The van der Waals surface area contributed by atoms with Gasteiger partial charge in [0.1, 0.15) is 0 Å². The van der Waals surface area contributed by atoms with Crippen molar-refractivity contribution in [1.29, 1.82) is 0 Å². The van der Waals surface area contributed by atoms with E-state index in [4.69, 9.17) is 23.2 Å². The van der Waals surface area contributed by atoms with Gasteiger partial charge in [-0.15, -0.1) is 0 Å². The predicted molar refractivity (Wildman–Crippen MR) is 97.8 cm³/mol. The summed E-state index contributed by atoms with van der Waals surface area (Å²) < 4.78 is 0. The van der Waals surface area contributed by atoms with Gasteiger partial charge in [0.2, 0.25) is 0 Å². The number of nitrogens with zero attached hydrogens (tertiary/aromatic N) is 1. The van der Waals surface area contributed by atoms with Crippen molar-refractivity contribution in [2.75, 3.05) is 13.1 Å². The van der Waals surface area contributed by atoms with Gasteiger partial charge in [-0.1, -0.05) is 59.6 Å². The number of carbonyl (C=O) groups excluding carboxylic acids is 1. The van der Waals surface area contributed by atoms with Crippen LogP contribution in [0.2, 0.25) is 10.0 Å². The lowest BCUT2D eigenvalue weighted by molar-refractivity contribution is -0.137. The first kappa shape index (κ1) is 16.1. The summed E-state index contributed by atoms with van der Waals surface area (Å²) in [5.41, 5.74) is 2.21. The number of carbonyl (C=O) groups is 1. The van der Waals surface area contributed by atoms with Crippen LogP contribution in [0.3, 0.4) is 0 Å². The van der Waals surface area contributed by atoms with E-state index in [9.17, 15) is 4.79 Å². The highest BCUT2D eigenvalue weighted by atomic mass is 35.5. The third-order valence-corrected chi connectivity index (χ3v) is 6.13. The van der Waals surface area contributed by atoms with Crippen molar-refractivity contribution in [1.82, 2.24) is 4.90 Å². The molecular weight excluding hydrogens is 341 g/mol. The Bertz CT molecular complexity index is 753. The number of halogens is 2. The first-order valence-electron chi connectivity index (χ1n) is 8.43. The Morgan fingerprint density at radius 2 is 1.62 bits per heavy atom. The van der Waals surface area contributed by atoms with Crippen molar-refractivity contribution >= 4 is 29.0 Å². The molecule has 3 heterocycles. The molecule has 3 aliphatic rings. The molecule has 0 aliphatic carbocycles. The third-order valence-electron chi connectivity index (χ3n) is 5.39. The molecule has 2 aromatic rings. The molecule has 2 unspecified atom stereocenters. The van der Waals surface area contributed by atoms with Gasteiger partial charge in [0.15, 0.2) is 5.78 Å². The van der Waals surface area contributed by atoms with Gasteiger partial charge in [-0.3, -0.25) is 9.69 Å². The molecule has 2 aromatic carbocycles. The van der Waals surface area contributed by atoms with Crippen molar-refractivity contribution in [3.05, 3.63) is 69.7 Å². The van der Waals surface area contributed by atoms with Gasteiger partial charge in [0, 0.05) is 11.8 Å². The fraction of sp³-hybridized carbons (Fsp3) is 0.350. The number of ketones is 1. The monoisotopic (exact) mass is 359 g/mol. The Morgan fingerprint density at radius 1 is 0.917 bits per heavy atom. The van der Waals surface area contributed by atoms with E-state index < -0.39 is 0 Å². The standard InChI is InChI=1S/C20H19Cl2NO/c21-16-7-6-15(12-17(16)22)18(13-4-2-1-3-5-13)19-20(24)14-8-10-23(19)11-9-14/h1-7,12,14,18-19H,8-11H2. The average molecular weight is 360 g/mol. The van der Waals surface area contributed by atoms with Gasteiger partial charge in [-0.05, 0) is 49.2 Å². The van der Waals surface area contributed by atoms with Crippen LogP contribution >= 0.6 is 23.2 Å². The van der Waals surface area contributed by atoms with Crippen LogP contribution in [0.5, 0.6) is 0 Å². The Hall–Kier alpha value is -1.35. The molecule has 0 spiro atoms. The third kappa shape index (κ3) is 2.77. The first-order valence-corrected chi connectivity index (χ1v) is 9.18. The summed E-state index contributed by atoms with van der Waals surface area (Å²) in [4.78, 5) is 15.4. The first-order chi connectivity index (χ1) is 11.6. The van der Waals surface area contributed by atoms with Gasteiger partial charge in [-0.25, -0.2) is 0 Å². The van der Waals surface area contributed by atoms with Gasteiger partial charge >= 0.3 is 0 Å². The maximum Gasteiger partial charge on any atom is 0.154 e. The second-order valence-corrected chi connectivity index (χ2v) is 7.53. The lowest BCUT2D eigenvalue weighted by Gasteiger charge is -2.47. The van der Waals surface area contributed by atoms with Crippen LogP contribution in [-0.4, -0.2) is 29.8 Å². The zero-order chi connectivity index (χ0) is 16.7. The van der Waals surface area contributed by atoms with E-state index in [1.165, 1.54) is 0 Å². The molecule has 0 saturated carbocycles. The van der Waals surface area contributed by atoms with E-state index in [1.807, 2.05) is 36.4 Å². The van der Waals surface area contributed by atoms with Gasteiger partial charge < -0.3 is 0 Å². The van der Waals surface area contributed by atoms with Crippen molar-refractivity contribution in [2.45, 2.75) is 24.8 Å². The molecule has 0 aromatic heterocycles. The van der Waals surface area contributed by atoms with E-state index >= 15 is 0 Å². The SMILES string of the molecule is O=C1C2CCN(CC2)C1C(c1ccccc1)c1ccc(Cl)c(Cl)c1. The number of rotatable bonds is 3. The zero-order valence-electron chi connectivity index (χ0n) is 13.3. The van der Waals surface area contributed by atoms with Crippen LogP contribution in [0.15, 0.2) is 48.5 Å². The minimum atomic E-state index is -0.0999. The van der Waals surface area contributed by atoms with Crippen LogP contribution in [-0.2, 0) is 4.79 Å². The topological polar surface area (TPSA) is 20.3 Å². The highest BCUT2D eigenvalue weighted by molar-refractivity contribution is 6.42. The zero-order valence-corrected chi connectivity index (χ0v) is 14.8. The Balaban J connectivity index is 1.82. The molecule has 2 nitrogen and oxygen atoms in total. The number of hydrogen-bond donors (Lipinski definition) is 0. The van der Waals surface area contributed by atoms with E-state index in [2.05, 4.69) is 17.0 Å². The van der Waals surface area contributed by atoms with E-state index in [0.29, 0.717) is 15.8 Å². The summed E-state index contributed by atoms with van der Waals surface area (Å²) in [6.07, 6.45) is 2.00. The predicted octanol–water partition coefficient (Wildman–Crippen LogP) is 4.79. The highest BCUT2D eigenvalue weighted by Gasteiger charge is 2.45. The van der Waals surface area contributed by atoms with Crippen molar-refractivity contribution in [2.24, 2.45) is 5.92 Å². The van der Waals surface area contributed by atoms with E-state index in [1.54, 1.807) is 0 Å². The summed E-state index contributed by atoms with van der Waals surface area (Å²) in [7, 11) is 0. The molecule has 0 N–H and O–H groups in total. The van der Waals surface area contributed by atoms with Crippen LogP contribution in [0, 0.1) is 5.92 Å². The quantitative estimate of drug-likeness (QED) is 0.785. The number of piperidine rings is 3. The Kier molecular flexibility index (Phi) is 4.38. The average Bonchev–Trinajstić information content (AvgIpc) is 2.62. The fourth-order valence-electron chi connectivity index (χ4n) is 4.18. The maximum atomic E-state index is 13.0. The molecule has 2 bridgehead atoms. The van der Waals surface area contributed by atoms with Crippen LogP contribution in [0.4, 0.5) is 0 Å². The normalized spacial score (nSPS) is 27.2. The molecule has 3 saturated heterocycles. The summed E-state index contributed by atoms with van der Waals surface area (Å²) in [5.74, 6) is 0.595. The summed E-state index contributed by atoms with van der Waals surface area (Å²) in [6, 6.07) is 15.9. The fourth-order valence-corrected chi connectivity index (χ4v) is 4.49. The molecule has 3 fully saturated rings. The van der Waals surface area contributed by atoms with Crippen molar-refractivity contribution in [3.63, 3.8) is 0 Å². The summed E-state index contributed by atoms with van der Waals surface area (Å²) >= 11 is 12.4. The second-order valence-electron chi connectivity index (χ2n) is 6.72. The van der Waals surface area contributed by atoms with Crippen LogP contribution in [0.1, 0.15) is 29.9 Å². The van der Waals surface area contributed by atoms with Crippen LogP contribution in [0.25, 0.3) is 0 Å². The van der Waals surface area contributed by atoms with Crippen molar-refractivity contribution in [3.8, 4) is 0 Å². The maximum absolute atomic E-state index is 13.0. The van der Waals surface area contributed by atoms with Gasteiger partial charge in [0.25, 0.3) is 0 Å². The smallest absolute Gasteiger partial charge is 0.154 e. The molecule has 0 radical (unpaired) electrons. The number of hydrogen-bond acceptors (Lipinski definition) is 2. The van der Waals surface area contributed by atoms with Gasteiger partial charge in [-0.2, -0.15) is 0 Å². The molecule has 5 rings (SSSR count). The minimum Gasteiger partial charge on any atom is -0.298 e. The number of Topliss-reactive ketones (excluding diaryl/α,β-unsaturated/α-hetero) is 1. The lowest BCUT2D eigenvalue weighted by atomic mass is 9.73. The van der Waals surface area contributed by atoms with Crippen molar-refractivity contribution < 1.29 is 4.79 Å². The molecule has 124 valence electrons. The molecule has 2 atom stereocenters. The molecular formula is C20H19Cl2NO.